The van der Waals surface area contributed by atoms with E-state index in [2.05, 4.69) is 4.98 Å². The van der Waals surface area contributed by atoms with E-state index in [1.54, 1.807) is 5.51 Å². The lowest BCUT2D eigenvalue weighted by atomic mass is 9.98. The van der Waals surface area contributed by atoms with E-state index in [1.165, 1.54) is 11.3 Å². The van der Waals surface area contributed by atoms with Crippen LogP contribution in [0.15, 0.2) is 5.51 Å². The van der Waals surface area contributed by atoms with Gasteiger partial charge >= 0.3 is 0 Å². The lowest BCUT2D eigenvalue weighted by molar-refractivity contribution is 0.0833. The average molecular weight is 209 g/mol. The Morgan fingerprint density at radius 2 is 2.64 bits per heavy atom. The summed E-state index contributed by atoms with van der Waals surface area (Å²) in [7, 11) is 0. The number of ether oxygens (including phenoxy) is 1. The highest BCUT2D eigenvalue weighted by Crippen LogP contribution is 2.58. The van der Waals surface area contributed by atoms with Crippen molar-refractivity contribution in [1.29, 1.82) is 0 Å². The fourth-order valence-electron chi connectivity index (χ4n) is 2.25. The van der Waals surface area contributed by atoms with Gasteiger partial charge in [-0.2, -0.15) is 0 Å². The Morgan fingerprint density at radius 1 is 1.79 bits per heavy atom. The molecule has 0 N–H and O–H groups in total. The smallest absolute Gasteiger partial charge is 0.183 e. The Labute approximate surface area is 86.1 Å². The van der Waals surface area contributed by atoms with E-state index in [-0.39, 0.29) is 11.2 Å². The molecule has 0 aromatic carbocycles. The molecular weight excluding hydrogens is 198 g/mol. The largest absolute Gasteiger partial charge is 0.380 e. The summed E-state index contributed by atoms with van der Waals surface area (Å²) in [6, 6.07) is 0. The number of rotatable bonds is 2. The van der Waals surface area contributed by atoms with Crippen LogP contribution in [0.5, 0.6) is 0 Å². The van der Waals surface area contributed by atoms with Crippen molar-refractivity contribution in [3.05, 3.63) is 16.1 Å². The van der Waals surface area contributed by atoms with Gasteiger partial charge in [0.25, 0.3) is 0 Å². The molecule has 1 saturated carbocycles. The summed E-state index contributed by atoms with van der Waals surface area (Å²) in [5.41, 5.74) is 2.45. The maximum Gasteiger partial charge on any atom is 0.183 e. The molecule has 0 bridgehead atoms. The molecule has 2 atom stereocenters. The minimum absolute atomic E-state index is 0.155. The van der Waals surface area contributed by atoms with Crippen molar-refractivity contribution in [3.63, 3.8) is 0 Å². The second-order valence-electron chi connectivity index (χ2n) is 4.17. The summed E-state index contributed by atoms with van der Waals surface area (Å²) in [4.78, 5) is 17.1. The molecule has 2 heterocycles. The number of hydrogen-bond donors (Lipinski definition) is 0. The Balaban J connectivity index is 1.94. The Morgan fingerprint density at radius 3 is 3.14 bits per heavy atom. The third-order valence-electron chi connectivity index (χ3n) is 3.31. The predicted molar refractivity (Wildman–Crippen MR) is 52.5 cm³/mol. The molecule has 1 aromatic heterocycles. The molecule has 0 amide bonds. The molecular formula is C10H11NO2S. The Kier molecular flexibility index (Phi) is 1.61. The zero-order valence-corrected chi connectivity index (χ0v) is 8.76. The molecule has 3 rings (SSSR count). The highest BCUT2D eigenvalue weighted by molar-refractivity contribution is 7.12. The van der Waals surface area contributed by atoms with E-state index >= 15 is 0 Å². The summed E-state index contributed by atoms with van der Waals surface area (Å²) >= 11 is 1.45. The molecule has 0 spiro atoms. The molecule has 2 aliphatic rings. The molecule has 1 aliphatic carbocycles. The van der Waals surface area contributed by atoms with E-state index in [0.717, 1.165) is 23.6 Å². The molecule has 4 heteroatoms. The third-order valence-corrected chi connectivity index (χ3v) is 4.24. The third kappa shape index (κ3) is 0.953. The number of aromatic nitrogens is 1. The van der Waals surface area contributed by atoms with Gasteiger partial charge in [-0.05, 0) is 19.3 Å². The van der Waals surface area contributed by atoms with Gasteiger partial charge in [-0.25, -0.2) is 4.98 Å². The van der Waals surface area contributed by atoms with E-state index in [0.29, 0.717) is 12.5 Å². The number of aryl methyl sites for hydroxylation is 1. The van der Waals surface area contributed by atoms with Crippen molar-refractivity contribution < 1.29 is 9.53 Å². The summed E-state index contributed by atoms with van der Waals surface area (Å²) in [6.45, 7) is 3.28. The van der Waals surface area contributed by atoms with Gasteiger partial charge < -0.3 is 4.74 Å². The molecule has 2 fully saturated rings. The average Bonchev–Trinajstić information content (AvgIpc) is 2.59. The number of nitrogens with zero attached hydrogens (tertiary/aromatic N) is 1. The van der Waals surface area contributed by atoms with Gasteiger partial charge in [0.1, 0.15) is 0 Å². The Bertz CT molecular complexity index is 401. The van der Waals surface area contributed by atoms with Crippen molar-refractivity contribution in [2.75, 3.05) is 13.2 Å². The molecule has 1 aromatic rings. The number of Topliss-reactive ketones (excluding diaryl/α,β-unsaturated/α-hetero) is 1. The van der Waals surface area contributed by atoms with Crippen LogP contribution in [0.3, 0.4) is 0 Å². The summed E-state index contributed by atoms with van der Waals surface area (Å²) in [6.07, 6.45) is 1.02. The molecule has 1 saturated heterocycles. The first kappa shape index (κ1) is 8.56. The van der Waals surface area contributed by atoms with Gasteiger partial charge in [0.2, 0.25) is 0 Å². The molecule has 2 unspecified atom stereocenters. The van der Waals surface area contributed by atoms with Gasteiger partial charge in [-0.3, -0.25) is 4.79 Å². The fraction of sp³-hybridized carbons (Fsp3) is 0.600. The lowest BCUT2D eigenvalue weighted by Crippen LogP contribution is -2.19. The van der Waals surface area contributed by atoms with Crippen LogP contribution < -0.4 is 0 Å². The van der Waals surface area contributed by atoms with Gasteiger partial charge in [-0.15, -0.1) is 11.3 Å². The molecule has 1 aliphatic heterocycles. The lowest BCUT2D eigenvalue weighted by Gasteiger charge is -2.07. The topological polar surface area (TPSA) is 39.2 Å². The van der Waals surface area contributed by atoms with Gasteiger partial charge in [0.15, 0.2) is 5.78 Å². The van der Waals surface area contributed by atoms with Gasteiger partial charge in [0, 0.05) is 0 Å². The van der Waals surface area contributed by atoms with Gasteiger partial charge in [0.05, 0.1) is 34.7 Å². The number of fused-ring (bicyclic) bond motifs is 1. The zero-order chi connectivity index (χ0) is 9.76. The van der Waals surface area contributed by atoms with Crippen LogP contribution >= 0.6 is 11.3 Å². The van der Waals surface area contributed by atoms with E-state index in [4.69, 9.17) is 4.74 Å². The maximum atomic E-state index is 12.2. The van der Waals surface area contributed by atoms with Crippen molar-refractivity contribution in [2.24, 2.45) is 11.3 Å². The molecule has 3 nitrogen and oxygen atoms in total. The van der Waals surface area contributed by atoms with Crippen LogP contribution in [0.4, 0.5) is 0 Å². The second kappa shape index (κ2) is 2.64. The van der Waals surface area contributed by atoms with E-state index < -0.39 is 0 Å². The number of ketones is 1. The van der Waals surface area contributed by atoms with E-state index in [9.17, 15) is 4.79 Å². The minimum atomic E-state index is -0.155. The van der Waals surface area contributed by atoms with Crippen LogP contribution in [-0.4, -0.2) is 24.0 Å². The van der Waals surface area contributed by atoms with Crippen molar-refractivity contribution in [1.82, 2.24) is 4.98 Å². The predicted octanol–water partition coefficient (Wildman–Crippen LogP) is 1.67. The summed E-state index contributed by atoms with van der Waals surface area (Å²) in [5.74, 6) is 0.747. The van der Waals surface area contributed by atoms with Crippen LogP contribution in [0.25, 0.3) is 0 Å². The summed E-state index contributed by atoms with van der Waals surface area (Å²) in [5, 5.41) is 0. The first-order chi connectivity index (χ1) is 6.74. The van der Waals surface area contributed by atoms with Crippen molar-refractivity contribution >= 4 is 17.1 Å². The molecule has 74 valence electrons. The van der Waals surface area contributed by atoms with Gasteiger partial charge in [-0.1, -0.05) is 0 Å². The van der Waals surface area contributed by atoms with Crippen LogP contribution in [0.1, 0.15) is 21.8 Å². The normalized spacial score (nSPS) is 34.2. The van der Waals surface area contributed by atoms with Crippen LogP contribution in [0.2, 0.25) is 0 Å². The zero-order valence-electron chi connectivity index (χ0n) is 7.95. The minimum Gasteiger partial charge on any atom is -0.380 e. The highest BCUT2D eigenvalue weighted by Gasteiger charge is 2.63. The molecule has 0 radical (unpaired) electrons. The second-order valence-corrected chi connectivity index (χ2v) is 5.02. The van der Waals surface area contributed by atoms with E-state index in [1.807, 2.05) is 6.92 Å². The standard InChI is InChI=1S/C10H11NO2S/c1-6-8(14-5-11-6)9(12)10-2-7(10)3-13-4-10/h5,7H,2-4H2,1H3. The van der Waals surface area contributed by atoms with Crippen LogP contribution in [-0.2, 0) is 4.74 Å². The number of thiazole rings is 1. The maximum absolute atomic E-state index is 12.2. The Hall–Kier alpha value is -0.740. The van der Waals surface area contributed by atoms with Crippen LogP contribution in [0, 0.1) is 18.3 Å². The first-order valence-corrected chi connectivity index (χ1v) is 5.65. The molecule has 14 heavy (non-hydrogen) atoms. The highest BCUT2D eigenvalue weighted by atomic mass is 32.1. The SMILES string of the molecule is Cc1ncsc1C(=O)C12COCC1C2. The monoisotopic (exact) mass is 209 g/mol. The van der Waals surface area contributed by atoms with Crippen molar-refractivity contribution in [2.45, 2.75) is 13.3 Å². The first-order valence-electron chi connectivity index (χ1n) is 4.77. The fourth-order valence-corrected chi connectivity index (χ4v) is 3.10. The number of hydrogen-bond acceptors (Lipinski definition) is 4. The number of carbonyl (C=O) groups is 1. The summed E-state index contributed by atoms with van der Waals surface area (Å²) < 4.78 is 5.33. The number of carbonyl (C=O) groups excluding carboxylic acids is 1. The van der Waals surface area contributed by atoms with Crippen molar-refractivity contribution in [3.8, 4) is 0 Å². The quantitative estimate of drug-likeness (QED) is 0.695.